The highest BCUT2D eigenvalue weighted by Crippen LogP contribution is 2.21. The largest absolute Gasteiger partial charge is 0.459 e. The average molecular weight is 201 g/mol. The van der Waals surface area contributed by atoms with Crippen molar-refractivity contribution >= 4 is 5.97 Å². The van der Waals surface area contributed by atoms with Crippen LogP contribution in [0, 0.1) is 5.41 Å². The summed E-state index contributed by atoms with van der Waals surface area (Å²) in [4.78, 5) is 11.8. The summed E-state index contributed by atoms with van der Waals surface area (Å²) in [5, 5.41) is 2.99. The number of hydrogen-bond acceptors (Lipinski definition) is 3. The van der Waals surface area contributed by atoms with E-state index >= 15 is 0 Å². The molecule has 3 nitrogen and oxygen atoms in total. The van der Waals surface area contributed by atoms with Gasteiger partial charge in [-0.1, -0.05) is 20.8 Å². The van der Waals surface area contributed by atoms with Gasteiger partial charge in [0, 0.05) is 0 Å². The fourth-order valence-electron chi connectivity index (χ4n) is 1.27. The molecule has 0 radical (unpaired) electrons. The van der Waals surface area contributed by atoms with Gasteiger partial charge < -0.3 is 10.1 Å². The first kappa shape index (κ1) is 13.4. The maximum Gasteiger partial charge on any atom is 0.324 e. The summed E-state index contributed by atoms with van der Waals surface area (Å²) in [6, 6.07) is -0.262. The number of nitrogens with one attached hydrogen (secondary N) is 1. The molecule has 0 saturated heterocycles. The lowest BCUT2D eigenvalue weighted by Gasteiger charge is -2.31. The van der Waals surface area contributed by atoms with E-state index in [1.165, 1.54) is 0 Å². The Balaban J connectivity index is 4.50. The molecule has 14 heavy (non-hydrogen) atoms. The molecule has 3 heteroatoms. The second-order valence-electron chi connectivity index (χ2n) is 5.62. The van der Waals surface area contributed by atoms with Gasteiger partial charge in [-0.2, -0.15) is 0 Å². The van der Waals surface area contributed by atoms with Crippen LogP contribution in [-0.4, -0.2) is 24.7 Å². The van der Waals surface area contributed by atoms with Gasteiger partial charge in [-0.3, -0.25) is 4.79 Å². The quantitative estimate of drug-likeness (QED) is 0.694. The second-order valence-corrected chi connectivity index (χ2v) is 5.62. The molecule has 0 aromatic heterocycles. The lowest BCUT2D eigenvalue weighted by atomic mass is 9.87. The van der Waals surface area contributed by atoms with E-state index in [9.17, 15) is 4.79 Å². The van der Waals surface area contributed by atoms with Crippen LogP contribution in [0.3, 0.4) is 0 Å². The molecule has 0 saturated carbocycles. The molecule has 0 amide bonds. The van der Waals surface area contributed by atoms with Gasteiger partial charge in [-0.05, 0) is 33.2 Å². The lowest BCUT2D eigenvalue weighted by molar-refractivity contribution is -0.160. The van der Waals surface area contributed by atoms with E-state index in [4.69, 9.17) is 4.74 Å². The molecule has 1 N–H and O–H groups in total. The fraction of sp³-hybridized carbons (Fsp3) is 0.909. The molecule has 0 fully saturated rings. The lowest BCUT2D eigenvalue weighted by Crippen LogP contribution is -2.47. The van der Waals surface area contributed by atoms with Gasteiger partial charge in [0.25, 0.3) is 0 Å². The first-order valence-corrected chi connectivity index (χ1v) is 4.98. The Labute approximate surface area is 87.2 Å². The summed E-state index contributed by atoms with van der Waals surface area (Å²) in [5.41, 5.74) is -0.547. The molecule has 0 aromatic carbocycles. The van der Waals surface area contributed by atoms with Crippen LogP contribution in [0.4, 0.5) is 0 Å². The van der Waals surface area contributed by atoms with Crippen LogP contribution >= 0.6 is 0 Å². The zero-order valence-corrected chi connectivity index (χ0v) is 10.4. The normalized spacial score (nSPS) is 15.1. The third-order valence-corrected chi connectivity index (χ3v) is 1.80. The summed E-state index contributed by atoms with van der Waals surface area (Å²) in [5.74, 6) is -0.187. The minimum Gasteiger partial charge on any atom is -0.459 e. The third-order valence-electron chi connectivity index (χ3n) is 1.80. The smallest absolute Gasteiger partial charge is 0.324 e. The van der Waals surface area contributed by atoms with E-state index in [0.717, 1.165) is 0 Å². The van der Waals surface area contributed by atoms with Crippen LogP contribution in [0.15, 0.2) is 0 Å². The molecule has 1 unspecified atom stereocenters. The average Bonchev–Trinajstić information content (AvgIpc) is 1.79. The van der Waals surface area contributed by atoms with Crippen LogP contribution in [0.25, 0.3) is 0 Å². The number of likely N-dealkylation sites (N-methyl/N-ethyl adjacent to an activating group) is 1. The molecule has 0 aliphatic heterocycles. The first-order valence-electron chi connectivity index (χ1n) is 4.98. The van der Waals surface area contributed by atoms with Gasteiger partial charge in [0.15, 0.2) is 0 Å². The van der Waals surface area contributed by atoms with E-state index < -0.39 is 5.60 Å². The zero-order chi connectivity index (χ0) is 11.6. The van der Waals surface area contributed by atoms with Crippen LogP contribution < -0.4 is 5.32 Å². The van der Waals surface area contributed by atoms with Crippen molar-refractivity contribution in [1.29, 1.82) is 0 Å². The van der Waals surface area contributed by atoms with Crippen LogP contribution in [0.2, 0.25) is 0 Å². The van der Waals surface area contributed by atoms with Crippen molar-refractivity contribution in [3.63, 3.8) is 0 Å². The maximum absolute atomic E-state index is 11.8. The molecule has 0 aliphatic rings. The van der Waals surface area contributed by atoms with Crippen molar-refractivity contribution in [2.75, 3.05) is 7.05 Å². The molecule has 0 aliphatic carbocycles. The van der Waals surface area contributed by atoms with E-state index in [2.05, 4.69) is 5.32 Å². The summed E-state index contributed by atoms with van der Waals surface area (Å²) in [6.45, 7) is 11.7. The molecule has 0 heterocycles. The Hall–Kier alpha value is -0.570. The molecule has 0 rings (SSSR count). The van der Waals surface area contributed by atoms with Crippen LogP contribution in [-0.2, 0) is 9.53 Å². The molecule has 84 valence electrons. The van der Waals surface area contributed by atoms with Crippen LogP contribution in [0.1, 0.15) is 41.5 Å². The first-order chi connectivity index (χ1) is 6.08. The summed E-state index contributed by atoms with van der Waals surface area (Å²) < 4.78 is 5.32. The Morgan fingerprint density at radius 2 is 1.57 bits per heavy atom. The summed E-state index contributed by atoms with van der Waals surface area (Å²) in [7, 11) is 1.78. The zero-order valence-electron chi connectivity index (χ0n) is 10.4. The SMILES string of the molecule is CNC(C(=O)OC(C)(C)C)C(C)(C)C. The van der Waals surface area contributed by atoms with E-state index in [0.29, 0.717) is 0 Å². The number of carbonyl (C=O) groups is 1. The molecular weight excluding hydrogens is 178 g/mol. The maximum atomic E-state index is 11.8. The molecule has 1 atom stereocenters. The number of ether oxygens (including phenoxy) is 1. The molecule has 0 spiro atoms. The van der Waals surface area contributed by atoms with Crippen molar-refractivity contribution in [1.82, 2.24) is 5.32 Å². The van der Waals surface area contributed by atoms with Gasteiger partial charge in [-0.15, -0.1) is 0 Å². The van der Waals surface area contributed by atoms with Crippen molar-refractivity contribution in [3.8, 4) is 0 Å². The van der Waals surface area contributed by atoms with Gasteiger partial charge in [0.05, 0.1) is 0 Å². The van der Waals surface area contributed by atoms with Gasteiger partial charge in [0.2, 0.25) is 0 Å². The van der Waals surface area contributed by atoms with Gasteiger partial charge >= 0.3 is 5.97 Å². The van der Waals surface area contributed by atoms with E-state index in [1.54, 1.807) is 7.05 Å². The Bertz CT molecular complexity index is 198. The number of esters is 1. The Morgan fingerprint density at radius 1 is 1.14 bits per heavy atom. The minimum atomic E-state index is -0.419. The molecule has 0 bridgehead atoms. The second kappa shape index (κ2) is 4.30. The highest BCUT2D eigenvalue weighted by molar-refractivity contribution is 5.77. The topological polar surface area (TPSA) is 38.3 Å². The third kappa shape index (κ3) is 4.61. The van der Waals surface area contributed by atoms with Crippen LogP contribution in [0.5, 0.6) is 0 Å². The van der Waals surface area contributed by atoms with Crippen molar-refractivity contribution < 1.29 is 9.53 Å². The Morgan fingerprint density at radius 3 is 1.79 bits per heavy atom. The van der Waals surface area contributed by atoms with Crippen molar-refractivity contribution in [3.05, 3.63) is 0 Å². The molecular formula is C11H23NO2. The predicted octanol–water partition coefficient (Wildman–Crippen LogP) is 1.96. The van der Waals surface area contributed by atoms with E-state index in [-0.39, 0.29) is 17.4 Å². The highest BCUT2D eigenvalue weighted by Gasteiger charge is 2.33. The van der Waals surface area contributed by atoms with Gasteiger partial charge in [-0.25, -0.2) is 0 Å². The Kier molecular flexibility index (Phi) is 4.13. The number of rotatable bonds is 2. The summed E-state index contributed by atoms with van der Waals surface area (Å²) >= 11 is 0. The highest BCUT2D eigenvalue weighted by atomic mass is 16.6. The van der Waals surface area contributed by atoms with Crippen molar-refractivity contribution in [2.24, 2.45) is 5.41 Å². The molecule has 0 aromatic rings. The monoisotopic (exact) mass is 201 g/mol. The van der Waals surface area contributed by atoms with Crippen molar-refractivity contribution in [2.45, 2.75) is 53.2 Å². The fourth-order valence-corrected chi connectivity index (χ4v) is 1.27. The predicted molar refractivity (Wildman–Crippen MR) is 58.1 cm³/mol. The summed E-state index contributed by atoms with van der Waals surface area (Å²) in [6.07, 6.45) is 0. The standard InChI is InChI=1S/C11H23NO2/c1-10(2,3)8(12-7)9(13)14-11(4,5)6/h8,12H,1-7H3. The minimum absolute atomic E-state index is 0.128. The van der Waals surface area contributed by atoms with E-state index in [1.807, 2.05) is 41.5 Å². The number of carbonyl (C=O) groups excluding carboxylic acids is 1. The number of hydrogen-bond donors (Lipinski definition) is 1. The van der Waals surface area contributed by atoms with Gasteiger partial charge in [0.1, 0.15) is 11.6 Å².